The molecule has 0 aliphatic carbocycles. The van der Waals surface area contributed by atoms with E-state index in [9.17, 15) is 10.1 Å². The molecule has 29 heavy (non-hydrogen) atoms. The lowest BCUT2D eigenvalue weighted by atomic mass is 10.1. The number of nitrogens with one attached hydrogen (secondary N) is 1. The molecule has 4 rings (SSSR count). The maximum atomic E-state index is 13.0. The zero-order valence-electron chi connectivity index (χ0n) is 15.5. The van der Waals surface area contributed by atoms with Crippen molar-refractivity contribution in [3.63, 3.8) is 0 Å². The van der Waals surface area contributed by atoms with Crippen molar-refractivity contribution in [2.24, 2.45) is 0 Å². The number of rotatable bonds is 5. The molecule has 0 unspecified atom stereocenters. The Morgan fingerprint density at radius 1 is 1.24 bits per heavy atom. The Kier molecular flexibility index (Phi) is 4.94. The van der Waals surface area contributed by atoms with Crippen molar-refractivity contribution in [3.8, 4) is 12.0 Å². The molecule has 144 valence electrons. The van der Waals surface area contributed by atoms with Gasteiger partial charge in [-0.1, -0.05) is 29.8 Å². The number of aryl methyl sites for hydroxylation is 1. The number of anilines is 1. The Bertz CT molecular complexity index is 1210. The fourth-order valence-electron chi connectivity index (χ4n) is 3.09. The molecular formula is C21H16ClN5O2. The van der Waals surface area contributed by atoms with E-state index in [1.165, 1.54) is 0 Å². The van der Waals surface area contributed by atoms with Gasteiger partial charge in [-0.25, -0.2) is 4.68 Å². The fraction of sp³-hybridized carbons (Fsp3) is 0.0952. The van der Waals surface area contributed by atoms with Crippen LogP contribution >= 0.6 is 11.6 Å². The van der Waals surface area contributed by atoms with Crippen molar-refractivity contribution < 1.29 is 9.21 Å². The van der Waals surface area contributed by atoms with Crippen LogP contribution in [0.3, 0.4) is 0 Å². The average molecular weight is 406 g/mol. The highest BCUT2D eigenvalue weighted by molar-refractivity contribution is 6.31. The molecule has 0 atom stereocenters. The van der Waals surface area contributed by atoms with Crippen LogP contribution in [0.5, 0.6) is 0 Å². The Balaban J connectivity index is 1.63. The molecule has 1 aromatic carbocycles. The highest BCUT2D eigenvalue weighted by Crippen LogP contribution is 2.26. The van der Waals surface area contributed by atoms with Crippen LogP contribution in [0.1, 0.15) is 27.2 Å². The molecule has 0 bridgehead atoms. The van der Waals surface area contributed by atoms with Crippen LogP contribution in [0.25, 0.3) is 5.88 Å². The highest BCUT2D eigenvalue weighted by Gasteiger charge is 2.25. The lowest BCUT2D eigenvalue weighted by Gasteiger charge is -2.10. The molecular weight excluding hydrogens is 390 g/mol. The molecule has 8 heteroatoms. The first-order chi connectivity index (χ1) is 14.1. The monoisotopic (exact) mass is 405 g/mol. The molecule has 0 aliphatic heterocycles. The van der Waals surface area contributed by atoms with Gasteiger partial charge in [0.15, 0.2) is 0 Å². The van der Waals surface area contributed by atoms with E-state index < -0.39 is 5.91 Å². The third-order valence-electron chi connectivity index (χ3n) is 4.48. The number of nitriles is 1. The van der Waals surface area contributed by atoms with Crippen LogP contribution in [-0.2, 0) is 6.54 Å². The molecule has 1 amide bonds. The number of hydrogen-bond donors (Lipinski definition) is 1. The zero-order valence-corrected chi connectivity index (χ0v) is 16.2. The summed E-state index contributed by atoms with van der Waals surface area (Å²) in [6.45, 7) is 2.05. The van der Waals surface area contributed by atoms with E-state index in [1.54, 1.807) is 46.9 Å². The zero-order chi connectivity index (χ0) is 20.4. The van der Waals surface area contributed by atoms with Gasteiger partial charge in [0.05, 0.1) is 12.7 Å². The van der Waals surface area contributed by atoms with Gasteiger partial charge in [-0.05, 0) is 30.7 Å². The van der Waals surface area contributed by atoms with Crippen LogP contribution in [-0.4, -0.2) is 20.3 Å². The fourth-order valence-corrected chi connectivity index (χ4v) is 3.29. The standard InChI is InChI=1S/C21H16ClN5O2/c1-14-19(16(12-23)21(29-14)26-10-4-5-11-26)20(28)25-18-8-9-24-27(18)13-15-6-2-3-7-17(15)22/h2-11H,13H2,1H3,(H,25,28). The van der Waals surface area contributed by atoms with Crippen LogP contribution < -0.4 is 5.32 Å². The first-order valence-electron chi connectivity index (χ1n) is 8.82. The largest absolute Gasteiger partial charge is 0.443 e. The second kappa shape index (κ2) is 7.70. The molecule has 0 aliphatic rings. The minimum Gasteiger partial charge on any atom is -0.443 e. The maximum absolute atomic E-state index is 13.0. The van der Waals surface area contributed by atoms with Crippen molar-refractivity contribution >= 4 is 23.3 Å². The topological polar surface area (TPSA) is 88.8 Å². The predicted octanol–water partition coefficient (Wildman–Crippen LogP) is 4.40. The van der Waals surface area contributed by atoms with Gasteiger partial charge in [0.25, 0.3) is 5.91 Å². The molecule has 4 aromatic rings. The first kappa shape index (κ1) is 18.6. The number of benzene rings is 1. The van der Waals surface area contributed by atoms with Gasteiger partial charge in [-0.15, -0.1) is 0 Å². The summed E-state index contributed by atoms with van der Waals surface area (Å²) in [6, 6.07) is 14.8. The van der Waals surface area contributed by atoms with Crippen LogP contribution in [0, 0.1) is 18.3 Å². The van der Waals surface area contributed by atoms with Gasteiger partial charge >= 0.3 is 0 Å². The number of hydrogen-bond acceptors (Lipinski definition) is 4. The van der Waals surface area contributed by atoms with Crippen molar-refractivity contribution in [1.29, 1.82) is 5.26 Å². The van der Waals surface area contributed by atoms with E-state index in [1.807, 2.05) is 30.3 Å². The number of halogens is 1. The molecule has 0 spiro atoms. The van der Waals surface area contributed by atoms with Crippen LogP contribution in [0.4, 0.5) is 5.82 Å². The lowest BCUT2D eigenvalue weighted by molar-refractivity contribution is 0.102. The lowest BCUT2D eigenvalue weighted by Crippen LogP contribution is -2.17. The normalized spacial score (nSPS) is 10.7. The summed E-state index contributed by atoms with van der Waals surface area (Å²) in [6.07, 6.45) is 5.09. The number of aromatic nitrogens is 3. The first-order valence-corrected chi connectivity index (χ1v) is 9.19. The summed E-state index contributed by atoms with van der Waals surface area (Å²) < 4.78 is 8.99. The summed E-state index contributed by atoms with van der Waals surface area (Å²) in [5, 5.41) is 17.3. The van der Waals surface area contributed by atoms with Crippen molar-refractivity contribution in [3.05, 3.63) is 88.5 Å². The van der Waals surface area contributed by atoms with E-state index in [4.69, 9.17) is 16.0 Å². The predicted molar refractivity (Wildman–Crippen MR) is 108 cm³/mol. The highest BCUT2D eigenvalue weighted by atomic mass is 35.5. The quantitative estimate of drug-likeness (QED) is 0.533. The van der Waals surface area contributed by atoms with Crippen molar-refractivity contribution in [2.75, 3.05) is 5.32 Å². The minimum atomic E-state index is -0.442. The Hall–Kier alpha value is -3.76. The second-order valence-electron chi connectivity index (χ2n) is 6.34. The molecule has 0 saturated heterocycles. The van der Waals surface area contributed by atoms with E-state index >= 15 is 0 Å². The van der Waals surface area contributed by atoms with Crippen molar-refractivity contribution in [2.45, 2.75) is 13.5 Å². The summed E-state index contributed by atoms with van der Waals surface area (Å²) >= 11 is 6.23. The van der Waals surface area contributed by atoms with Gasteiger partial charge in [0, 0.05) is 23.5 Å². The summed E-state index contributed by atoms with van der Waals surface area (Å²) in [5.41, 5.74) is 1.25. The van der Waals surface area contributed by atoms with Gasteiger partial charge in [-0.3, -0.25) is 9.36 Å². The molecule has 0 radical (unpaired) electrons. The molecule has 3 aromatic heterocycles. The molecule has 1 N–H and O–H groups in total. The third-order valence-corrected chi connectivity index (χ3v) is 4.85. The van der Waals surface area contributed by atoms with Crippen LogP contribution in [0.15, 0.2) is 65.5 Å². The Morgan fingerprint density at radius 3 is 2.72 bits per heavy atom. The van der Waals surface area contributed by atoms with Gasteiger partial charge in [0.2, 0.25) is 5.88 Å². The molecule has 0 saturated carbocycles. The number of furan rings is 1. The number of nitrogens with zero attached hydrogens (tertiary/aromatic N) is 4. The summed E-state index contributed by atoms with van der Waals surface area (Å²) in [4.78, 5) is 13.0. The number of carbonyl (C=O) groups is 1. The Labute approximate surface area is 171 Å². The third kappa shape index (κ3) is 3.53. The smallest absolute Gasteiger partial charge is 0.261 e. The van der Waals surface area contributed by atoms with E-state index in [0.717, 1.165) is 5.56 Å². The summed E-state index contributed by atoms with van der Waals surface area (Å²) in [5.74, 6) is 0.716. The maximum Gasteiger partial charge on any atom is 0.261 e. The molecule has 3 heterocycles. The number of carbonyl (C=O) groups excluding carboxylic acids is 1. The minimum absolute atomic E-state index is 0.174. The van der Waals surface area contributed by atoms with Gasteiger partial charge in [-0.2, -0.15) is 10.4 Å². The summed E-state index contributed by atoms with van der Waals surface area (Å²) in [7, 11) is 0. The van der Waals surface area contributed by atoms with Gasteiger partial charge in [0.1, 0.15) is 28.8 Å². The Morgan fingerprint density at radius 2 is 2.00 bits per heavy atom. The second-order valence-corrected chi connectivity index (χ2v) is 6.74. The van der Waals surface area contributed by atoms with E-state index in [0.29, 0.717) is 29.0 Å². The van der Waals surface area contributed by atoms with Crippen LogP contribution in [0.2, 0.25) is 5.02 Å². The SMILES string of the molecule is Cc1oc(-n2cccc2)c(C#N)c1C(=O)Nc1ccnn1Cc1ccccc1Cl. The molecule has 0 fully saturated rings. The number of amides is 1. The van der Waals surface area contributed by atoms with E-state index in [-0.39, 0.29) is 11.1 Å². The molecule has 7 nitrogen and oxygen atoms in total. The average Bonchev–Trinajstić information content (AvgIpc) is 3.44. The van der Waals surface area contributed by atoms with E-state index in [2.05, 4.69) is 16.5 Å². The van der Waals surface area contributed by atoms with Gasteiger partial charge < -0.3 is 9.73 Å². The van der Waals surface area contributed by atoms with Crippen molar-refractivity contribution in [1.82, 2.24) is 14.3 Å².